The third-order valence-electron chi connectivity index (χ3n) is 12.1. The van der Waals surface area contributed by atoms with Gasteiger partial charge in [0, 0.05) is 67.6 Å². The highest BCUT2D eigenvalue weighted by molar-refractivity contribution is 6.13. The van der Waals surface area contributed by atoms with Gasteiger partial charge in [-0.3, -0.25) is 24.1 Å². The van der Waals surface area contributed by atoms with E-state index in [9.17, 15) is 49.2 Å². The number of nitrogen functional groups attached to an aromatic ring is 1. The number of carboxylic acid groups (broad SMARTS) is 1. The number of aliphatic hydroxyl groups excluding tert-OH is 3. The average molecular weight is 966 g/mol. The molecule has 4 amide bonds. The number of fused-ring (bicyclic) bond motifs is 3. The number of carboxylic acids is 1. The molecule has 0 saturated carbocycles. The number of esters is 1. The summed E-state index contributed by atoms with van der Waals surface area (Å²) in [6.07, 6.45) is -4.94. The van der Waals surface area contributed by atoms with Gasteiger partial charge in [-0.05, 0) is 48.4 Å². The number of aliphatic carboxylic acids is 1. The number of aromatic nitrogens is 3. The number of ether oxygens (including phenoxy) is 3. The van der Waals surface area contributed by atoms with Crippen molar-refractivity contribution in [3.63, 3.8) is 0 Å². The number of carbonyl (C=O) groups excluding carboxylic acids is 5. The molecule has 0 bridgehead atoms. The van der Waals surface area contributed by atoms with Crippen LogP contribution < -0.4 is 21.1 Å². The molecular weight excluding hydrogens is 909 g/mol. The number of unbranched alkanes of at least 4 members (excludes halogenated alkanes) is 1. The predicted octanol–water partition coefficient (Wildman–Crippen LogP) is 2.15. The monoisotopic (exact) mass is 965 g/mol. The smallest absolute Gasteiger partial charge is 0.337 e. The number of methoxy groups -OCH3 is 1. The molecule has 70 heavy (non-hydrogen) atoms. The topological polar surface area (TPSA) is 295 Å². The van der Waals surface area contributed by atoms with E-state index >= 15 is 0 Å². The molecule has 2 aliphatic rings. The molecule has 7 rings (SSSR count). The number of nitrogens with one attached hydrogen (secondary N) is 2. The first-order valence-electron chi connectivity index (χ1n) is 22.7. The SMILES string of the molecule is CCCCc1nc2c(N)nc3cc(C(=O)OC)ccc3c2n1Cc1ccc(C[N+](C)(C)Cc2ccc(O[C@@H]3O[C@H](C(=O)O)[C@@H](O)[C@H](O)[C@H]3O)c(NC(=O)CCNC(=O)CCN3C(=O)C=CC3=O)c2)cc1. The van der Waals surface area contributed by atoms with Crippen LogP contribution in [0.2, 0.25) is 0 Å². The molecule has 1 saturated heterocycles. The van der Waals surface area contributed by atoms with Gasteiger partial charge in [0.15, 0.2) is 11.9 Å². The number of nitrogens with two attached hydrogens (primary N) is 1. The van der Waals surface area contributed by atoms with Crippen LogP contribution in [0.4, 0.5) is 11.5 Å². The lowest BCUT2D eigenvalue weighted by Crippen LogP contribution is -2.61. The van der Waals surface area contributed by atoms with Crippen LogP contribution in [0.1, 0.15) is 65.5 Å². The zero-order chi connectivity index (χ0) is 50.4. The minimum atomic E-state index is -1.95. The summed E-state index contributed by atoms with van der Waals surface area (Å²) in [4.78, 5) is 84.0. The minimum absolute atomic E-state index is 0.0474. The Labute approximate surface area is 402 Å². The van der Waals surface area contributed by atoms with Gasteiger partial charge in [-0.25, -0.2) is 19.6 Å². The van der Waals surface area contributed by atoms with E-state index in [-0.39, 0.29) is 43.2 Å². The molecule has 0 unspecified atom stereocenters. The van der Waals surface area contributed by atoms with E-state index in [1.54, 1.807) is 24.3 Å². The van der Waals surface area contributed by atoms with Crippen molar-refractivity contribution in [3.8, 4) is 5.75 Å². The highest BCUT2D eigenvalue weighted by Crippen LogP contribution is 2.33. The Kier molecular flexibility index (Phi) is 15.6. The molecule has 3 aromatic carbocycles. The van der Waals surface area contributed by atoms with Crippen molar-refractivity contribution in [1.82, 2.24) is 24.8 Å². The Morgan fingerprint density at radius 1 is 0.857 bits per heavy atom. The fourth-order valence-corrected chi connectivity index (χ4v) is 8.51. The summed E-state index contributed by atoms with van der Waals surface area (Å²) < 4.78 is 18.7. The Bertz CT molecular complexity index is 2830. The second kappa shape index (κ2) is 21.6. The van der Waals surface area contributed by atoms with Crippen molar-refractivity contribution in [1.29, 1.82) is 0 Å². The number of aliphatic hydroxyl groups is 3. The Morgan fingerprint density at radius 2 is 1.54 bits per heavy atom. The molecule has 8 N–H and O–H groups in total. The standard InChI is InChI=1S/C49H56N8O13/c1-5-6-7-35-54-40-41(31-14-13-30(48(67)68-4)23-32(31)53-46(40)50)56(35)24-27-8-10-28(11-9-27)25-57(2,3)26-29-12-15-34(69-49-44(64)42(62)43(63)45(70-49)47(65)66)33(22-29)52-37(59)18-20-51-36(58)19-21-55-38(60)16-17-39(55)61/h8-17,22-23,42-45,49,62-64H,5-7,18-21,24-26H2,1-4H3,(H4-,50,51,52,53,58,59,65,66)/p+1/t42-,43-,44+,45-,49+/m0/s1. The van der Waals surface area contributed by atoms with E-state index in [0.717, 1.165) is 69.7 Å². The van der Waals surface area contributed by atoms with Crippen molar-refractivity contribution in [2.24, 2.45) is 0 Å². The quantitative estimate of drug-likeness (QED) is 0.0334. The lowest BCUT2D eigenvalue weighted by atomic mass is 9.99. The van der Waals surface area contributed by atoms with Crippen molar-refractivity contribution >= 4 is 69.0 Å². The second-order valence-corrected chi connectivity index (χ2v) is 17.9. The Morgan fingerprint density at radius 3 is 2.23 bits per heavy atom. The number of quaternary nitrogens is 1. The van der Waals surface area contributed by atoms with Gasteiger partial charge in [0.2, 0.25) is 18.1 Å². The molecule has 0 radical (unpaired) electrons. The first-order chi connectivity index (χ1) is 33.4. The molecular formula is C49H57N8O13+. The van der Waals surface area contributed by atoms with Gasteiger partial charge in [-0.2, -0.15) is 0 Å². The van der Waals surface area contributed by atoms with Crippen LogP contribution in [-0.4, -0.2) is 145 Å². The van der Waals surface area contributed by atoms with Gasteiger partial charge >= 0.3 is 11.9 Å². The molecule has 5 aromatic rings. The highest BCUT2D eigenvalue weighted by Gasteiger charge is 2.48. The summed E-state index contributed by atoms with van der Waals surface area (Å²) >= 11 is 0. The third-order valence-corrected chi connectivity index (χ3v) is 12.1. The van der Waals surface area contributed by atoms with Crippen LogP contribution in [0.15, 0.2) is 72.8 Å². The number of hydrogen-bond donors (Lipinski definition) is 7. The first-order valence-corrected chi connectivity index (χ1v) is 22.7. The number of pyridine rings is 1. The largest absolute Gasteiger partial charge is 0.479 e. The molecule has 0 aliphatic carbocycles. The summed E-state index contributed by atoms with van der Waals surface area (Å²) in [6, 6.07) is 18.3. The molecule has 0 spiro atoms. The van der Waals surface area contributed by atoms with E-state index in [1.807, 2.05) is 20.2 Å². The van der Waals surface area contributed by atoms with Gasteiger partial charge < -0.3 is 60.1 Å². The number of anilines is 2. The molecule has 2 aliphatic heterocycles. The Balaban J connectivity index is 1.06. The number of amides is 4. The highest BCUT2D eigenvalue weighted by atomic mass is 16.7. The van der Waals surface area contributed by atoms with Crippen molar-refractivity contribution in [2.75, 3.05) is 45.3 Å². The second-order valence-electron chi connectivity index (χ2n) is 17.9. The van der Waals surface area contributed by atoms with Gasteiger partial charge in [0.1, 0.15) is 48.5 Å². The zero-order valence-corrected chi connectivity index (χ0v) is 39.2. The molecule has 4 heterocycles. The summed E-state index contributed by atoms with van der Waals surface area (Å²) in [6.45, 7) is 3.42. The number of benzene rings is 3. The van der Waals surface area contributed by atoms with E-state index in [4.69, 9.17) is 24.9 Å². The number of nitrogens with zero attached hydrogens (tertiary/aromatic N) is 5. The maximum absolute atomic E-state index is 13.3. The van der Waals surface area contributed by atoms with Gasteiger partial charge in [0.05, 0.1) is 43.5 Å². The molecule has 21 nitrogen and oxygen atoms in total. The third kappa shape index (κ3) is 11.6. The maximum Gasteiger partial charge on any atom is 0.337 e. The fraction of sp³-hybridized carbons (Fsp3) is 0.388. The van der Waals surface area contributed by atoms with Crippen LogP contribution in [0.3, 0.4) is 0 Å². The Hall–Kier alpha value is -7.30. The van der Waals surface area contributed by atoms with Crippen LogP contribution in [0.25, 0.3) is 21.9 Å². The number of rotatable bonds is 20. The number of imidazole rings is 1. The summed E-state index contributed by atoms with van der Waals surface area (Å²) in [7, 11) is 5.39. The average Bonchev–Trinajstić information content (AvgIpc) is 3.85. The number of imide groups is 1. The molecule has 1 fully saturated rings. The fourth-order valence-electron chi connectivity index (χ4n) is 8.51. The van der Waals surface area contributed by atoms with E-state index < -0.39 is 66.3 Å². The van der Waals surface area contributed by atoms with E-state index in [0.29, 0.717) is 40.7 Å². The number of hydrogen-bond acceptors (Lipinski definition) is 15. The summed E-state index contributed by atoms with van der Waals surface area (Å²) in [5.41, 5.74) is 11.7. The lowest BCUT2D eigenvalue weighted by Gasteiger charge is -2.38. The normalized spacial score (nSPS) is 19.2. The van der Waals surface area contributed by atoms with E-state index in [1.165, 1.54) is 13.2 Å². The van der Waals surface area contributed by atoms with Gasteiger partial charge in [-0.15, -0.1) is 0 Å². The molecule has 2 aromatic heterocycles. The van der Waals surface area contributed by atoms with Crippen molar-refractivity contribution in [3.05, 3.63) is 101 Å². The summed E-state index contributed by atoms with van der Waals surface area (Å²) in [5, 5.41) is 47.0. The lowest BCUT2D eigenvalue weighted by molar-refractivity contribution is -0.916. The molecule has 21 heteroatoms. The predicted molar refractivity (Wildman–Crippen MR) is 253 cm³/mol. The first kappa shape index (κ1) is 50.6. The molecule has 5 atom stereocenters. The van der Waals surface area contributed by atoms with Crippen LogP contribution in [-0.2, 0) is 59.5 Å². The van der Waals surface area contributed by atoms with Crippen molar-refractivity contribution < 1.29 is 67.9 Å². The minimum Gasteiger partial charge on any atom is -0.479 e. The summed E-state index contributed by atoms with van der Waals surface area (Å²) in [5.74, 6) is -3.06. The van der Waals surface area contributed by atoms with Crippen LogP contribution in [0, 0.1) is 0 Å². The van der Waals surface area contributed by atoms with Crippen LogP contribution in [0.5, 0.6) is 5.75 Å². The van der Waals surface area contributed by atoms with Crippen molar-refractivity contribution in [2.45, 2.75) is 89.4 Å². The van der Waals surface area contributed by atoms with Gasteiger partial charge in [-0.1, -0.05) is 37.6 Å². The number of carbonyl (C=O) groups is 6. The number of aryl methyl sites for hydroxylation is 1. The molecule has 370 valence electrons. The zero-order valence-electron chi connectivity index (χ0n) is 39.2. The maximum atomic E-state index is 13.3. The van der Waals surface area contributed by atoms with Gasteiger partial charge in [0.25, 0.3) is 11.8 Å². The van der Waals surface area contributed by atoms with Crippen LogP contribution >= 0.6 is 0 Å². The van der Waals surface area contributed by atoms with E-state index in [2.05, 4.69) is 51.4 Å².